The van der Waals surface area contributed by atoms with Crippen LogP contribution >= 0.6 is 0 Å². The van der Waals surface area contributed by atoms with Crippen molar-refractivity contribution in [2.75, 3.05) is 26.1 Å². The van der Waals surface area contributed by atoms with Gasteiger partial charge in [-0.3, -0.25) is 4.79 Å². The second-order valence-corrected chi connectivity index (χ2v) is 4.00. The number of ether oxygens (including phenoxy) is 2. The molecule has 1 rings (SSSR count). The van der Waals surface area contributed by atoms with Crippen LogP contribution in [0.15, 0.2) is 12.1 Å². The quantitative estimate of drug-likeness (QED) is 0.631. The van der Waals surface area contributed by atoms with Crippen LogP contribution < -0.4 is 5.32 Å². The van der Waals surface area contributed by atoms with Gasteiger partial charge in [0.15, 0.2) is 6.29 Å². The van der Waals surface area contributed by atoms with E-state index in [9.17, 15) is 14.0 Å². The summed E-state index contributed by atoms with van der Waals surface area (Å²) in [5, 5.41) is 2.89. The third-order valence-corrected chi connectivity index (χ3v) is 2.51. The van der Waals surface area contributed by atoms with Gasteiger partial charge >= 0.3 is 5.97 Å². The van der Waals surface area contributed by atoms with Crippen molar-refractivity contribution in [1.29, 1.82) is 0 Å². The molecule has 0 aliphatic carbocycles. The van der Waals surface area contributed by atoms with Gasteiger partial charge in [0.2, 0.25) is 0 Å². The molecule has 0 spiro atoms. The lowest BCUT2D eigenvalue weighted by Gasteiger charge is -2.18. The van der Waals surface area contributed by atoms with E-state index in [2.05, 4.69) is 10.1 Å². The summed E-state index contributed by atoms with van der Waals surface area (Å²) in [5.41, 5.74) is 0.0196. The van der Waals surface area contributed by atoms with Crippen LogP contribution in [-0.4, -0.2) is 39.1 Å². The van der Waals surface area contributed by atoms with E-state index >= 15 is 0 Å². The molecular weight excluding hydrogens is 253 g/mol. The summed E-state index contributed by atoms with van der Waals surface area (Å²) in [6, 6.07) is 2.16. The summed E-state index contributed by atoms with van der Waals surface area (Å²) in [6.45, 7) is 2.12. The highest BCUT2D eigenvalue weighted by Crippen LogP contribution is 2.24. The largest absolute Gasteiger partial charge is 0.465 e. The van der Waals surface area contributed by atoms with Crippen molar-refractivity contribution >= 4 is 17.9 Å². The first-order chi connectivity index (χ1) is 9.04. The number of hydrogen-bond acceptors (Lipinski definition) is 5. The molecule has 1 aromatic rings. The van der Waals surface area contributed by atoms with Crippen molar-refractivity contribution in [2.24, 2.45) is 0 Å². The number of methoxy groups -OCH3 is 2. The van der Waals surface area contributed by atoms with Gasteiger partial charge in [0.1, 0.15) is 11.4 Å². The third kappa shape index (κ3) is 3.51. The first kappa shape index (κ1) is 15.1. The van der Waals surface area contributed by atoms with Crippen LogP contribution in [0.2, 0.25) is 0 Å². The average Bonchev–Trinajstić information content (AvgIpc) is 2.38. The lowest BCUT2D eigenvalue weighted by molar-refractivity contribution is 0.0596. The molecule has 1 atom stereocenters. The van der Waals surface area contributed by atoms with Gasteiger partial charge in [-0.15, -0.1) is 0 Å². The fourth-order valence-electron chi connectivity index (χ4n) is 1.69. The molecule has 0 heterocycles. The number of esters is 1. The molecule has 6 heteroatoms. The van der Waals surface area contributed by atoms with Crippen LogP contribution in [0.3, 0.4) is 0 Å². The second-order valence-electron chi connectivity index (χ2n) is 4.00. The Morgan fingerprint density at radius 2 is 2.16 bits per heavy atom. The number of rotatable bonds is 6. The zero-order chi connectivity index (χ0) is 14.4. The minimum atomic E-state index is -0.840. The Labute approximate surface area is 110 Å². The third-order valence-electron chi connectivity index (χ3n) is 2.51. The summed E-state index contributed by atoms with van der Waals surface area (Å²) in [4.78, 5) is 22.6. The Bertz CT molecular complexity index is 476. The first-order valence-electron chi connectivity index (χ1n) is 5.66. The molecular formula is C13H16FNO4. The Morgan fingerprint density at radius 1 is 1.47 bits per heavy atom. The molecule has 0 aliphatic rings. The predicted molar refractivity (Wildman–Crippen MR) is 68.1 cm³/mol. The molecule has 0 saturated heterocycles. The highest BCUT2D eigenvalue weighted by molar-refractivity contribution is 6.01. The van der Waals surface area contributed by atoms with Crippen LogP contribution in [0.25, 0.3) is 0 Å². The number of benzene rings is 1. The Morgan fingerprint density at radius 3 is 2.68 bits per heavy atom. The van der Waals surface area contributed by atoms with Crippen molar-refractivity contribution in [1.82, 2.24) is 0 Å². The van der Waals surface area contributed by atoms with E-state index in [1.54, 1.807) is 6.92 Å². The SMILES string of the molecule is COC[C@H](C)Nc1c(C=O)ccc(F)c1C(=O)OC. The molecule has 0 radical (unpaired) electrons. The van der Waals surface area contributed by atoms with E-state index in [0.717, 1.165) is 13.2 Å². The molecule has 0 aromatic heterocycles. The van der Waals surface area contributed by atoms with E-state index < -0.39 is 11.8 Å². The molecule has 104 valence electrons. The van der Waals surface area contributed by atoms with Gasteiger partial charge < -0.3 is 14.8 Å². The van der Waals surface area contributed by atoms with Gasteiger partial charge in [0.25, 0.3) is 0 Å². The van der Waals surface area contributed by atoms with Crippen LogP contribution in [0, 0.1) is 5.82 Å². The highest BCUT2D eigenvalue weighted by Gasteiger charge is 2.21. The smallest absolute Gasteiger partial charge is 0.343 e. The molecule has 0 saturated carbocycles. The monoisotopic (exact) mass is 269 g/mol. The zero-order valence-corrected chi connectivity index (χ0v) is 11.0. The molecule has 5 nitrogen and oxygen atoms in total. The van der Waals surface area contributed by atoms with Crippen molar-refractivity contribution in [2.45, 2.75) is 13.0 Å². The van der Waals surface area contributed by atoms with Gasteiger partial charge in [-0.2, -0.15) is 0 Å². The normalized spacial score (nSPS) is 11.8. The topological polar surface area (TPSA) is 64.6 Å². The first-order valence-corrected chi connectivity index (χ1v) is 5.66. The lowest BCUT2D eigenvalue weighted by atomic mass is 10.1. The maximum absolute atomic E-state index is 13.8. The van der Waals surface area contributed by atoms with E-state index in [4.69, 9.17) is 4.74 Å². The Hall–Kier alpha value is -1.95. The van der Waals surface area contributed by atoms with Crippen molar-refractivity contribution in [3.8, 4) is 0 Å². The van der Waals surface area contributed by atoms with E-state index in [-0.39, 0.29) is 22.9 Å². The van der Waals surface area contributed by atoms with Gasteiger partial charge in [-0.1, -0.05) is 0 Å². The summed E-state index contributed by atoms with van der Waals surface area (Å²) < 4.78 is 23.2. The number of carbonyl (C=O) groups excluding carboxylic acids is 2. The molecule has 19 heavy (non-hydrogen) atoms. The van der Waals surface area contributed by atoms with E-state index in [1.165, 1.54) is 13.2 Å². The fourth-order valence-corrected chi connectivity index (χ4v) is 1.69. The molecule has 0 fully saturated rings. The van der Waals surface area contributed by atoms with Crippen LogP contribution in [-0.2, 0) is 9.47 Å². The van der Waals surface area contributed by atoms with E-state index in [1.807, 2.05) is 0 Å². The average molecular weight is 269 g/mol. The summed E-state index contributed by atoms with van der Waals surface area (Å²) in [7, 11) is 2.67. The summed E-state index contributed by atoms with van der Waals surface area (Å²) in [5.74, 6) is -1.59. The summed E-state index contributed by atoms with van der Waals surface area (Å²) >= 11 is 0. The van der Waals surface area contributed by atoms with Gasteiger partial charge in [0.05, 0.1) is 19.4 Å². The highest BCUT2D eigenvalue weighted by atomic mass is 19.1. The van der Waals surface area contributed by atoms with Gasteiger partial charge in [-0.25, -0.2) is 9.18 Å². The van der Waals surface area contributed by atoms with Crippen LogP contribution in [0.5, 0.6) is 0 Å². The Balaban J connectivity index is 3.27. The van der Waals surface area contributed by atoms with E-state index in [0.29, 0.717) is 12.9 Å². The second kappa shape index (κ2) is 6.84. The van der Waals surface area contributed by atoms with Gasteiger partial charge in [-0.05, 0) is 19.1 Å². The number of halogens is 1. The van der Waals surface area contributed by atoms with Crippen molar-refractivity contribution < 1.29 is 23.5 Å². The molecule has 0 unspecified atom stereocenters. The molecule has 0 amide bonds. The predicted octanol–water partition coefficient (Wildman–Crippen LogP) is 1.87. The number of aldehydes is 1. The number of nitrogens with one attached hydrogen (secondary N) is 1. The standard InChI is InChI=1S/C13H16FNO4/c1-8(7-18-2)15-12-9(6-16)4-5-10(14)11(12)13(17)19-3/h4-6,8,15H,7H2,1-3H3/t8-/m0/s1. The van der Waals surface area contributed by atoms with Crippen LogP contribution in [0.4, 0.5) is 10.1 Å². The lowest BCUT2D eigenvalue weighted by Crippen LogP contribution is -2.24. The molecule has 0 bridgehead atoms. The maximum Gasteiger partial charge on any atom is 0.343 e. The number of hydrogen-bond donors (Lipinski definition) is 1. The fraction of sp³-hybridized carbons (Fsp3) is 0.385. The van der Waals surface area contributed by atoms with Crippen molar-refractivity contribution in [3.63, 3.8) is 0 Å². The molecule has 0 aliphatic heterocycles. The number of carbonyl (C=O) groups is 2. The minimum Gasteiger partial charge on any atom is -0.465 e. The number of anilines is 1. The summed E-state index contributed by atoms with van der Waals surface area (Å²) in [6.07, 6.45) is 0.549. The molecule has 1 N–H and O–H groups in total. The maximum atomic E-state index is 13.8. The van der Waals surface area contributed by atoms with Gasteiger partial charge in [0, 0.05) is 18.7 Å². The van der Waals surface area contributed by atoms with Crippen LogP contribution in [0.1, 0.15) is 27.6 Å². The van der Waals surface area contributed by atoms with Crippen molar-refractivity contribution in [3.05, 3.63) is 29.1 Å². The Kier molecular flexibility index (Phi) is 5.44. The minimum absolute atomic E-state index is 0.117. The zero-order valence-electron chi connectivity index (χ0n) is 11.0. The molecule has 1 aromatic carbocycles.